The van der Waals surface area contributed by atoms with Crippen LogP contribution in [0.3, 0.4) is 0 Å². The molecule has 0 bridgehead atoms. The Balaban J connectivity index is 1.70. The van der Waals surface area contributed by atoms with Crippen molar-refractivity contribution in [3.05, 3.63) is 53.0 Å². The molecule has 0 amide bonds. The first kappa shape index (κ1) is 11.4. The van der Waals surface area contributed by atoms with Gasteiger partial charge < -0.3 is 9.73 Å². The maximum atomic E-state index is 13.5. The van der Waals surface area contributed by atoms with Crippen LogP contribution in [0.2, 0.25) is 0 Å². The van der Waals surface area contributed by atoms with Crippen molar-refractivity contribution in [2.24, 2.45) is 0 Å². The Bertz CT molecular complexity index is 527. The van der Waals surface area contributed by atoms with Crippen molar-refractivity contribution in [3.8, 4) is 0 Å². The number of nitrogens with one attached hydrogen (secondary N) is 1. The van der Waals surface area contributed by atoms with E-state index in [0.29, 0.717) is 24.3 Å². The number of fused-ring (bicyclic) bond motifs is 1. The van der Waals surface area contributed by atoms with E-state index in [1.165, 1.54) is 6.07 Å². The Kier molecular flexibility index (Phi) is 3.11. The highest BCUT2D eigenvalue weighted by molar-refractivity contribution is 5.19. The fourth-order valence-electron chi connectivity index (χ4n) is 2.23. The highest BCUT2D eigenvalue weighted by Crippen LogP contribution is 2.17. The van der Waals surface area contributed by atoms with Gasteiger partial charge in [-0.1, -0.05) is 18.2 Å². The molecule has 0 saturated carbocycles. The van der Waals surface area contributed by atoms with Gasteiger partial charge in [0, 0.05) is 19.4 Å². The van der Waals surface area contributed by atoms with E-state index < -0.39 is 0 Å². The second kappa shape index (κ2) is 4.90. The Labute approximate surface area is 105 Å². The third-order valence-electron chi connectivity index (χ3n) is 3.21. The molecule has 0 saturated heterocycles. The van der Waals surface area contributed by atoms with Crippen molar-refractivity contribution in [1.29, 1.82) is 0 Å². The lowest BCUT2D eigenvalue weighted by Crippen LogP contribution is -2.22. The molecule has 0 fully saturated rings. The summed E-state index contributed by atoms with van der Waals surface area (Å²) in [5.74, 6) is 1.49. The molecular weight excluding hydrogens is 231 g/mol. The molecule has 94 valence electrons. The van der Waals surface area contributed by atoms with Crippen LogP contribution in [0.1, 0.15) is 22.9 Å². The van der Waals surface area contributed by atoms with Gasteiger partial charge in [0.1, 0.15) is 11.6 Å². The molecule has 3 nitrogen and oxygen atoms in total. The summed E-state index contributed by atoms with van der Waals surface area (Å²) >= 11 is 0. The van der Waals surface area contributed by atoms with E-state index >= 15 is 0 Å². The van der Waals surface area contributed by atoms with E-state index in [2.05, 4.69) is 10.3 Å². The summed E-state index contributed by atoms with van der Waals surface area (Å²) in [6.07, 6.45) is 2.19. The summed E-state index contributed by atoms with van der Waals surface area (Å²) in [7, 11) is 0. The van der Waals surface area contributed by atoms with Crippen molar-refractivity contribution in [1.82, 2.24) is 10.3 Å². The molecule has 4 heteroatoms. The fourth-order valence-corrected chi connectivity index (χ4v) is 2.23. The van der Waals surface area contributed by atoms with Crippen molar-refractivity contribution >= 4 is 0 Å². The van der Waals surface area contributed by atoms with E-state index in [1.807, 2.05) is 6.07 Å². The molecule has 0 spiro atoms. The third kappa shape index (κ3) is 2.29. The topological polar surface area (TPSA) is 38.1 Å². The molecule has 3 rings (SSSR count). The second-order valence-electron chi connectivity index (χ2n) is 4.50. The van der Waals surface area contributed by atoms with Gasteiger partial charge in [0.15, 0.2) is 5.89 Å². The summed E-state index contributed by atoms with van der Waals surface area (Å²) in [4.78, 5) is 4.47. The van der Waals surface area contributed by atoms with Crippen LogP contribution in [-0.2, 0) is 25.8 Å². The van der Waals surface area contributed by atoms with E-state index in [0.717, 1.165) is 31.0 Å². The molecular formula is C14H15FN2O. The minimum absolute atomic E-state index is 0.157. The average molecular weight is 246 g/mol. The van der Waals surface area contributed by atoms with Gasteiger partial charge in [-0.3, -0.25) is 0 Å². The summed E-state index contributed by atoms with van der Waals surface area (Å²) in [5, 5.41) is 3.24. The van der Waals surface area contributed by atoms with Crippen molar-refractivity contribution in [2.75, 3.05) is 6.54 Å². The number of halogens is 1. The van der Waals surface area contributed by atoms with Crippen LogP contribution in [-0.4, -0.2) is 11.5 Å². The van der Waals surface area contributed by atoms with Gasteiger partial charge in [-0.2, -0.15) is 0 Å². The third-order valence-corrected chi connectivity index (χ3v) is 3.21. The molecule has 18 heavy (non-hydrogen) atoms. The summed E-state index contributed by atoms with van der Waals surface area (Å²) in [5.41, 5.74) is 1.77. The van der Waals surface area contributed by atoms with Crippen molar-refractivity contribution in [2.45, 2.75) is 25.8 Å². The lowest BCUT2D eigenvalue weighted by Gasteiger charge is -2.08. The fraction of sp³-hybridized carbons (Fsp3) is 0.357. The number of hydrogen-bond acceptors (Lipinski definition) is 3. The number of hydrogen-bond donors (Lipinski definition) is 1. The quantitative estimate of drug-likeness (QED) is 0.902. The van der Waals surface area contributed by atoms with E-state index in [4.69, 9.17) is 4.42 Å². The van der Waals surface area contributed by atoms with Gasteiger partial charge >= 0.3 is 0 Å². The van der Waals surface area contributed by atoms with Gasteiger partial charge in [0.2, 0.25) is 0 Å². The lowest BCUT2D eigenvalue weighted by atomic mass is 10.1. The molecule has 2 heterocycles. The molecule has 2 aromatic rings. The maximum Gasteiger partial charge on any atom is 0.195 e. The standard InChI is InChI=1S/C14H15FN2O/c15-11-4-2-1-3-10(11)5-6-14-17-12-7-8-16-9-13(12)18-14/h1-4,16H,5-9H2. The van der Waals surface area contributed by atoms with Crippen LogP contribution in [0.5, 0.6) is 0 Å². The monoisotopic (exact) mass is 246 g/mol. The Morgan fingerprint density at radius 2 is 2.17 bits per heavy atom. The highest BCUT2D eigenvalue weighted by Gasteiger charge is 2.16. The van der Waals surface area contributed by atoms with Crippen LogP contribution in [0.4, 0.5) is 4.39 Å². The van der Waals surface area contributed by atoms with Crippen LogP contribution in [0.15, 0.2) is 28.7 Å². The predicted molar refractivity (Wildman–Crippen MR) is 65.7 cm³/mol. The lowest BCUT2D eigenvalue weighted by molar-refractivity contribution is 0.428. The number of aryl methyl sites for hydroxylation is 2. The Hall–Kier alpha value is -1.68. The molecule has 0 atom stereocenters. The van der Waals surface area contributed by atoms with Crippen molar-refractivity contribution in [3.63, 3.8) is 0 Å². The number of oxazole rings is 1. The number of aromatic nitrogens is 1. The molecule has 1 N–H and O–H groups in total. The van der Waals surface area contributed by atoms with Gasteiger partial charge in [0.05, 0.1) is 12.2 Å². The summed E-state index contributed by atoms with van der Waals surface area (Å²) in [6, 6.07) is 6.84. The number of benzene rings is 1. The number of nitrogens with zero attached hydrogens (tertiary/aromatic N) is 1. The summed E-state index contributed by atoms with van der Waals surface area (Å²) < 4.78 is 19.1. The normalized spacial score (nSPS) is 14.5. The van der Waals surface area contributed by atoms with Crippen molar-refractivity contribution < 1.29 is 8.81 Å². The molecule has 1 aliphatic heterocycles. The van der Waals surface area contributed by atoms with E-state index in [1.54, 1.807) is 12.1 Å². The first-order chi connectivity index (χ1) is 8.83. The van der Waals surface area contributed by atoms with Gasteiger partial charge in [0.25, 0.3) is 0 Å². The molecule has 1 aromatic heterocycles. The summed E-state index contributed by atoms with van der Waals surface area (Å²) in [6.45, 7) is 1.70. The van der Waals surface area contributed by atoms with E-state index in [-0.39, 0.29) is 5.82 Å². The minimum Gasteiger partial charge on any atom is -0.444 e. The minimum atomic E-state index is -0.157. The maximum absolute atomic E-state index is 13.5. The first-order valence-corrected chi connectivity index (χ1v) is 6.24. The highest BCUT2D eigenvalue weighted by atomic mass is 19.1. The molecule has 0 unspecified atom stereocenters. The zero-order valence-corrected chi connectivity index (χ0v) is 10.1. The Morgan fingerprint density at radius 1 is 1.28 bits per heavy atom. The molecule has 0 aliphatic carbocycles. The van der Waals surface area contributed by atoms with Crippen LogP contribution in [0.25, 0.3) is 0 Å². The smallest absolute Gasteiger partial charge is 0.195 e. The second-order valence-corrected chi connectivity index (χ2v) is 4.50. The van der Waals surface area contributed by atoms with Gasteiger partial charge in [-0.25, -0.2) is 9.37 Å². The van der Waals surface area contributed by atoms with E-state index in [9.17, 15) is 4.39 Å². The first-order valence-electron chi connectivity index (χ1n) is 6.24. The van der Waals surface area contributed by atoms with Gasteiger partial charge in [-0.05, 0) is 18.1 Å². The van der Waals surface area contributed by atoms with Gasteiger partial charge in [-0.15, -0.1) is 0 Å². The largest absolute Gasteiger partial charge is 0.444 e. The van der Waals surface area contributed by atoms with Crippen LogP contribution < -0.4 is 5.32 Å². The zero-order chi connectivity index (χ0) is 12.4. The molecule has 1 aliphatic rings. The molecule has 1 aromatic carbocycles. The van der Waals surface area contributed by atoms with Crippen LogP contribution in [0, 0.1) is 5.82 Å². The zero-order valence-electron chi connectivity index (χ0n) is 10.1. The SMILES string of the molecule is Fc1ccccc1CCc1nc2c(o1)CNCC2. The Morgan fingerprint density at radius 3 is 3.00 bits per heavy atom. The predicted octanol–water partition coefficient (Wildman–Crippen LogP) is 2.24. The molecule has 0 radical (unpaired) electrons. The average Bonchev–Trinajstić information content (AvgIpc) is 2.80. The van der Waals surface area contributed by atoms with Crippen LogP contribution >= 0.6 is 0 Å². The number of rotatable bonds is 3.